The fourth-order valence-electron chi connectivity index (χ4n) is 1.77. The van der Waals surface area contributed by atoms with E-state index in [4.69, 9.17) is 0 Å². The molecule has 2 aromatic rings. The number of hydrogen-bond donors (Lipinski definition) is 1. The lowest BCUT2D eigenvalue weighted by atomic mass is 10.1. The van der Waals surface area contributed by atoms with Crippen molar-refractivity contribution in [1.29, 1.82) is 0 Å². The zero-order valence-electron chi connectivity index (χ0n) is 10.4. The van der Waals surface area contributed by atoms with E-state index in [1.165, 1.54) is 0 Å². The minimum absolute atomic E-state index is 0.450. The topological polar surface area (TPSA) is 20.2 Å². The fourth-order valence-corrected chi connectivity index (χ4v) is 2.96. The van der Waals surface area contributed by atoms with Crippen LogP contribution in [0.4, 0.5) is 13.2 Å². The van der Waals surface area contributed by atoms with E-state index < -0.39 is 17.5 Å². The third-order valence-electron chi connectivity index (χ3n) is 2.76. The van der Waals surface area contributed by atoms with Crippen LogP contribution in [0.25, 0.3) is 0 Å². The average Bonchev–Trinajstić information content (AvgIpc) is 2.45. The molecule has 0 aliphatic rings. The summed E-state index contributed by atoms with van der Waals surface area (Å²) in [6, 6.07) is 17.0. The summed E-state index contributed by atoms with van der Waals surface area (Å²) in [5, 5.41) is 8.53. The Bertz CT molecular complexity index is 528. The van der Waals surface area contributed by atoms with E-state index in [1.807, 2.05) is 0 Å². The molecule has 0 spiro atoms. The predicted molar refractivity (Wildman–Crippen MR) is 73.5 cm³/mol. The van der Waals surface area contributed by atoms with Gasteiger partial charge in [0.25, 0.3) is 0 Å². The van der Waals surface area contributed by atoms with Gasteiger partial charge in [-0.3, -0.25) is 0 Å². The molecule has 0 saturated heterocycles. The van der Waals surface area contributed by atoms with Crippen molar-refractivity contribution in [3.63, 3.8) is 0 Å². The van der Waals surface area contributed by atoms with E-state index in [2.05, 4.69) is 0 Å². The molecule has 1 N–H and O–H groups in total. The Balaban J connectivity index is 2.30. The summed E-state index contributed by atoms with van der Waals surface area (Å²) in [6.07, 6.45) is -7.06. The zero-order valence-corrected chi connectivity index (χ0v) is 11.2. The Kier molecular flexibility index (Phi) is 4.73. The molecule has 2 unspecified atom stereocenters. The summed E-state index contributed by atoms with van der Waals surface area (Å²) in [7, 11) is 0. The fraction of sp³-hybridized carbons (Fsp3) is 0.200. The summed E-state index contributed by atoms with van der Waals surface area (Å²) in [5.41, 5.74) is 0.450. The number of benzene rings is 2. The molecule has 0 heterocycles. The maximum absolute atomic E-state index is 12.8. The minimum Gasteiger partial charge on any atom is -0.382 e. The van der Waals surface area contributed by atoms with Gasteiger partial charge in [-0.05, 0) is 17.7 Å². The maximum Gasteiger partial charge on any atom is 0.415 e. The van der Waals surface area contributed by atoms with Crippen LogP contribution in [0.3, 0.4) is 0 Å². The molecule has 0 aliphatic carbocycles. The highest BCUT2D eigenvalue weighted by atomic mass is 32.2. The molecule has 1 nitrogen and oxygen atoms in total. The molecule has 0 fully saturated rings. The second-order valence-corrected chi connectivity index (χ2v) is 5.46. The lowest BCUT2D eigenvalue weighted by molar-refractivity contribution is -0.203. The van der Waals surface area contributed by atoms with Crippen LogP contribution in [0.5, 0.6) is 0 Å². The smallest absolute Gasteiger partial charge is 0.382 e. The van der Waals surface area contributed by atoms with Crippen LogP contribution in [-0.4, -0.2) is 17.4 Å². The minimum atomic E-state index is -4.65. The Morgan fingerprint density at radius 2 is 1.35 bits per heavy atom. The van der Waals surface area contributed by atoms with Gasteiger partial charge in [0.1, 0.15) is 0 Å². The van der Waals surface area contributed by atoms with Gasteiger partial charge in [0.2, 0.25) is 0 Å². The van der Waals surface area contributed by atoms with Gasteiger partial charge in [-0.15, -0.1) is 11.8 Å². The molecule has 0 aliphatic heterocycles. The Hall–Kier alpha value is -1.46. The number of halogens is 3. The zero-order chi connectivity index (χ0) is 14.6. The Morgan fingerprint density at radius 3 is 1.85 bits per heavy atom. The lowest BCUT2D eigenvalue weighted by Crippen LogP contribution is -2.33. The molecule has 2 aromatic carbocycles. The highest BCUT2D eigenvalue weighted by Gasteiger charge is 2.44. The average molecular weight is 298 g/mol. The molecule has 20 heavy (non-hydrogen) atoms. The molecular formula is C15H13F3OS. The number of alkyl halides is 3. The third kappa shape index (κ3) is 3.77. The van der Waals surface area contributed by atoms with Gasteiger partial charge in [-0.1, -0.05) is 48.5 Å². The number of rotatable bonds is 4. The van der Waals surface area contributed by atoms with Crippen molar-refractivity contribution in [3.05, 3.63) is 66.2 Å². The van der Waals surface area contributed by atoms with E-state index in [9.17, 15) is 18.3 Å². The van der Waals surface area contributed by atoms with Gasteiger partial charge in [-0.25, -0.2) is 0 Å². The van der Waals surface area contributed by atoms with Crippen molar-refractivity contribution in [1.82, 2.24) is 0 Å². The molecule has 0 radical (unpaired) electrons. The van der Waals surface area contributed by atoms with Crippen LogP contribution in [0.2, 0.25) is 0 Å². The SMILES string of the molecule is OC(C(Sc1ccccc1)c1ccccc1)C(F)(F)F. The number of aliphatic hydroxyl groups excluding tert-OH is 1. The van der Waals surface area contributed by atoms with E-state index in [0.29, 0.717) is 10.5 Å². The summed E-state index contributed by atoms with van der Waals surface area (Å²) < 4.78 is 38.5. The second-order valence-electron chi connectivity index (χ2n) is 4.25. The Labute approximate surface area is 119 Å². The van der Waals surface area contributed by atoms with Crippen LogP contribution in [0.1, 0.15) is 10.8 Å². The van der Waals surface area contributed by atoms with E-state index in [1.54, 1.807) is 60.7 Å². The van der Waals surface area contributed by atoms with E-state index in [0.717, 1.165) is 11.8 Å². The van der Waals surface area contributed by atoms with Crippen LogP contribution >= 0.6 is 11.8 Å². The van der Waals surface area contributed by atoms with Gasteiger partial charge < -0.3 is 5.11 Å². The first-order valence-corrected chi connectivity index (χ1v) is 6.88. The summed E-state index contributed by atoms with van der Waals surface area (Å²) in [4.78, 5) is 0.685. The lowest BCUT2D eigenvalue weighted by Gasteiger charge is -2.24. The van der Waals surface area contributed by atoms with Crippen LogP contribution in [0.15, 0.2) is 65.6 Å². The quantitative estimate of drug-likeness (QED) is 0.842. The van der Waals surface area contributed by atoms with Crippen molar-refractivity contribution in [2.45, 2.75) is 22.4 Å². The molecule has 0 aromatic heterocycles. The molecule has 5 heteroatoms. The van der Waals surface area contributed by atoms with Crippen LogP contribution in [-0.2, 0) is 0 Å². The van der Waals surface area contributed by atoms with Crippen molar-refractivity contribution in [3.8, 4) is 0 Å². The van der Waals surface area contributed by atoms with Crippen molar-refractivity contribution in [2.24, 2.45) is 0 Å². The molecule has 0 bridgehead atoms. The van der Waals surface area contributed by atoms with Gasteiger partial charge in [0, 0.05) is 4.90 Å². The first-order chi connectivity index (χ1) is 9.48. The first-order valence-electron chi connectivity index (χ1n) is 6.00. The second kappa shape index (κ2) is 6.33. The van der Waals surface area contributed by atoms with Crippen molar-refractivity contribution in [2.75, 3.05) is 0 Å². The van der Waals surface area contributed by atoms with E-state index in [-0.39, 0.29) is 0 Å². The van der Waals surface area contributed by atoms with Gasteiger partial charge in [-0.2, -0.15) is 13.2 Å². The molecule has 0 saturated carbocycles. The van der Waals surface area contributed by atoms with Crippen molar-refractivity contribution >= 4 is 11.8 Å². The molecule has 0 amide bonds. The standard InChI is InChI=1S/C15H13F3OS/c16-15(17,18)14(19)13(11-7-3-1-4-8-11)20-12-9-5-2-6-10-12/h1-10,13-14,19H. The monoisotopic (exact) mass is 298 g/mol. The van der Waals surface area contributed by atoms with Crippen molar-refractivity contribution < 1.29 is 18.3 Å². The summed E-state index contributed by atoms with van der Waals surface area (Å²) in [6.45, 7) is 0. The largest absolute Gasteiger partial charge is 0.415 e. The summed E-state index contributed by atoms with van der Waals surface area (Å²) >= 11 is 1.01. The third-order valence-corrected chi connectivity index (χ3v) is 4.08. The van der Waals surface area contributed by atoms with Crippen LogP contribution in [0, 0.1) is 0 Å². The van der Waals surface area contributed by atoms with Crippen LogP contribution < -0.4 is 0 Å². The molecule has 2 atom stereocenters. The molecule has 2 rings (SSSR count). The first kappa shape index (κ1) is 14.9. The highest BCUT2D eigenvalue weighted by Crippen LogP contribution is 2.42. The Morgan fingerprint density at radius 1 is 0.850 bits per heavy atom. The van der Waals surface area contributed by atoms with Gasteiger partial charge >= 0.3 is 6.18 Å². The number of aliphatic hydroxyl groups is 1. The molecule has 106 valence electrons. The number of hydrogen-bond acceptors (Lipinski definition) is 2. The van der Waals surface area contributed by atoms with E-state index >= 15 is 0 Å². The highest BCUT2D eigenvalue weighted by molar-refractivity contribution is 7.99. The van der Waals surface area contributed by atoms with Gasteiger partial charge in [0.15, 0.2) is 6.10 Å². The summed E-state index contributed by atoms with van der Waals surface area (Å²) in [5.74, 6) is 0. The maximum atomic E-state index is 12.8. The van der Waals surface area contributed by atoms with Gasteiger partial charge in [0.05, 0.1) is 5.25 Å². The normalized spacial score (nSPS) is 14.8. The number of thioether (sulfide) groups is 1. The molecular weight excluding hydrogens is 285 g/mol. The predicted octanol–water partition coefficient (Wildman–Crippen LogP) is 4.44.